The van der Waals surface area contributed by atoms with Gasteiger partial charge in [-0.05, 0) is 62.6 Å². The van der Waals surface area contributed by atoms with Crippen molar-refractivity contribution in [1.29, 1.82) is 0 Å². The summed E-state index contributed by atoms with van der Waals surface area (Å²) in [5, 5.41) is 4.15. The number of halogens is 3. The Morgan fingerprint density at radius 3 is 2.50 bits per heavy atom. The van der Waals surface area contributed by atoms with Gasteiger partial charge < -0.3 is 9.64 Å². The second kappa shape index (κ2) is 10.6. The molecule has 9 heteroatoms. The third-order valence-corrected chi connectivity index (χ3v) is 6.90. The van der Waals surface area contributed by atoms with Crippen LogP contribution < -0.4 is 0 Å². The van der Waals surface area contributed by atoms with E-state index in [1.165, 1.54) is 16.8 Å². The number of esters is 1. The average molecular weight is 478 g/mol. The fourth-order valence-electron chi connectivity index (χ4n) is 5.03. The lowest BCUT2D eigenvalue weighted by molar-refractivity contribution is -0.149. The van der Waals surface area contributed by atoms with Crippen LogP contribution in [-0.2, 0) is 33.8 Å². The molecule has 1 aromatic heterocycles. The Labute approximate surface area is 197 Å². The topological polar surface area (TPSA) is 64.4 Å². The summed E-state index contributed by atoms with van der Waals surface area (Å²) in [5.41, 5.74) is 1.64. The molecule has 0 atom stereocenters. The second-order valence-electron chi connectivity index (χ2n) is 9.13. The summed E-state index contributed by atoms with van der Waals surface area (Å²) < 4.78 is 47.1. The van der Waals surface area contributed by atoms with Crippen molar-refractivity contribution < 1.29 is 27.5 Å². The van der Waals surface area contributed by atoms with E-state index in [2.05, 4.69) is 5.10 Å². The van der Waals surface area contributed by atoms with Gasteiger partial charge in [0.15, 0.2) is 0 Å². The van der Waals surface area contributed by atoms with Gasteiger partial charge in [-0.1, -0.05) is 12.1 Å². The van der Waals surface area contributed by atoms with Crippen molar-refractivity contribution in [2.75, 3.05) is 13.2 Å². The van der Waals surface area contributed by atoms with Crippen molar-refractivity contribution in [3.8, 4) is 0 Å². The molecule has 1 aliphatic carbocycles. The van der Waals surface area contributed by atoms with Crippen LogP contribution in [0.4, 0.5) is 13.2 Å². The summed E-state index contributed by atoms with van der Waals surface area (Å²) >= 11 is 0. The molecule has 1 amide bonds. The molecule has 1 fully saturated rings. The summed E-state index contributed by atoms with van der Waals surface area (Å²) in [6.07, 6.45) is 1.07. The van der Waals surface area contributed by atoms with Crippen LogP contribution in [0.1, 0.15) is 68.0 Å². The quantitative estimate of drug-likeness (QED) is 0.545. The van der Waals surface area contributed by atoms with Crippen LogP contribution in [0.2, 0.25) is 0 Å². The standard InChI is InChI=1S/C25H30F3N3O3/c1-2-34-25(33)18-7-3-16(4-8-18)13-22(32)30-12-11-20-21(15-30)31(29-23(20)24(27)28)14-17-5-9-19(26)10-6-17/h5-6,9-10,16,18,24H,2-4,7-8,11-15H2,1H3. The Morgan fingerprint density at radius 2 is 1.85 bits per heavy atom. The zero-order valence-corrected chi connectivity index (χ0v) is 19.3. The number of carbonyl (C=O) groups excluding carboxylic acids is 2. The number of alkyl halides is 2. The van der Waals surface area contributed by atoms with E-state index < -0.39 is 6.43 Å². The summed E-state index contributed by atoms with van der Waals surface area (Å²) in [7, 11) is 0. The van der Waals surface area contributed by atoms with Crippen molar-refractivity contribution in [1.82, 2.24) is 14.7 Å². The third-order valence-electron chi connectivity index (χ3n) is 6.90. The summed E-state index contributed by atoms with van der Waals surface area (Å²) in [6, 6.07) is 5.85. The molecule has 0 radical (unpaired) electrons. The van der Waals surface area contributed by atoms with E-state index in [0.717, 1.165) is 31.2 Å². The molecule has 1 aliphatic heterocycles. The molecule has 1 saturated carbocycles. The lowest BCUT2D eigenvalue weighted by atomic mass is 9.80. The maximum atomic E-state index is 13.6. The number of hydrogen-bond acceptors (Lipinski definition) is 4. The minimum atomic E-state index is -2.69. The lowest BCUT2D eigenvalue weighted by Gasteiger charge is -2.31. The van der Waals surface area contributed by atoms with Crippen LogP contribution in [0.25, 0.3) is 0 Å². The predicted molar refractivity (Wildman–Crippen MR) is 119 cm³/mol. The largest absolute Gasteiger partial charge is 0.466 e. The van der Waals surface area contributed by atoms with Gasteiger partial charge in [0.05, 0.1) is 31.3 Å². The highest BCUT2D eigenvalue weighted by Gasteiger charge is 2.33. The van der Waals surface area contributed by atoms with Crippen LogP contribution in [0.5, 0.6) is 0 Å². The molecule has 34 heavy (non-hydrogen) atoms. The third kappa shape index (κ3) is 5.45. The normalized spacial score (nSPS) is 20.3. The van der Waals surface area contributed by atoms with Gasteiger partial charge in [0.1, 0.15) is 11.5 Å². The van der Waals surface area contributed by atoms with E-state index in [1.807, 2.05) is 0 Å². The maximum Gasteiger partial charge on any atom is 0.308 e. The van der Waals surface area contributed by atoms with Crippen molar-refractivity contribution >= 4 is 11.9 Å². The van der Waals surface area contributed by atoms with Crippen LogP contribution in [0.3, 0.4) is 0 Å². The molecular formula is C25H30F3N3O3. The number of aromatic nitrogens is 2. The average Bonchev–Trinajstić information content (AvgIpc) is 3.19. The molecule has 0 unspecified atom stereocenters. The molecule has 2 aliphatic rings. The van der Waals surface area contributed by atoms with Crippen molar-refractivity contribution in [3.63, 3.8) is 0 Å². The Morgan fingerprint density at radius 1 is 1.15 bits per heavy atom. The van der Waals surface area contributed by atoms with Crippen molar-refractivity contribution in [2.24, 2.45) is 11.8 Å². The van der Waals surface area contributed by atoms with Gasteiger partial charge >= 0.3 is 5.97 Å². The summed E-state index contributed by atoms with van der Waals surface area (Å²) in [4.78, 5) is 26.7. The minimum Gasteiger partial charge on any atom is -0.466 e. The molecule has 0 spiro atoms. The Kier molecular flexibility index (Phi) is 7.58. The SMILES string of the molecule is CCOC(=O)C1CCC(CC(=O)N2CCc3c(C(F)F)nn(Cc4ccc(F)cc4)c3C2)CC1. The Hall–Kier alpha value is -2.84. The molecule has 2 heterocycles. The number of nitrogens with zero attached hydrogens (tertiary/aromatic N) is 3. The van der Waals surface area contributed by atoms with Crippen LogP contribution in [-0.4, -0.2) is 39.7 Å². The summed E-state index contributed by atoms with van der Waals surface area (Å²) in [5.74, 6) is -0.399. The Balaban J connectivity index is 1.41. The molecule has 2 aromatic rings. The van der Waals surface area contributed by atoms with E-state index in [-0.39, 0.29) is 48.3 Å². The zero-order chi connectivity index (χ0) is 24.2. The maximum absolute atomic E-state index is 13.6. The van der Waals surface area contributed by atoms with Crippen molar-refractivity contribution in [3.05, 3.63) is 52.6 Å². The number of carbonyl (C=O) groups is 2. The number of hydrogen-bond donors (Lipinski definition) is 0. The molecule has 0 bridgehead atoms. The first kappa shape index (κ1) is 24.3. The van der Waals surface area contributed by atoms with E-state index in [9.17, 15) is 22.8 Å². The van der Waals surface area contributed by atoms with Gasteiger partial charge in [0, 0.05) is 18.5 Å². The van der Waals surface area contributed by atoms with Crippen LogP contribution >= 0.6 is 0 Å². The van der Waals surface area contributed by atoms with Gasteiger partial charge in [-0.3, -0.25) is 14.3 Å². The number of fused-ring (bicyclic) bond motifs is 1. The molecule has 4 rings (SSSR count). The highest BCUT2D eigenvalue weighted by Crippen LogP contribution is 2.34. The zero-order valence-electron chi connectivity index (χ0n) is 19.3. The molecular weight excluding hydrogens is 447 g/mol. The van der Waals surface area contributed by atoms with Crippen molar-refractivity contribution in [2.45, 2.75) is 65.0 Å². The van der Waals surface area contributed by atoms with Crippen LogP contribution in [0.15, 0.2) is 24.3 Å². The van der Waals surface area contributed by atoms with Gasteiger partial charge in [0.25, 0.3) is 6.43 Å². The summed E-state index contributed by atoms with van der Waals surface area (Å²) in [6.45, 7) is 3.01. The lowest BCUT2D eigenvalue weighted by Crippen LogP contribution is -2.38. The molecule has 0 N–H and O–H groups in total. The van der Waals surface area contributed by atoms with Gasteiger partial charge in [-0.15, -0.1) is 0 Å². The van der Waals surface area contributed by atoms with E-state index >= 15 is 0 Å². The Bertz CT molecular complexity index is 1010. The first-order valence-corrected chi connectivity index (χ1v) is 11.9. The number of amides is 1. The molecule has 184 valence electrons. The monoisotopic (exact) mass is 477 g/mol. The van der Waals surface area contributed by atoms with E-state index in [1.54, 1.807) is 24.0 Å². The fraction of sp³-hybridized carbons (Fsp3) is 0.560. The van der Waals surface area contributed by atoms with Gasteiger partial charge in [0.2, 0.25) is 5.91 Å². The smallest absolute Gasteiger partial charge is 0.308 e. The first-order valence-electron chi connectivity index (χ1n) is 11.9. The van der Waals surface area contributed by atoms with Gasteiger partial charge in [-0.2, -0.15) is 5.10 Å². The minimum absolute atomic E-state index is 0.00151. The van der Waals surface area contributed by atoms with E-state index in [4.69, 9.17) is 4.74 Å². The molecule has 1 aromatic carbocycles. The molecule has 6 nitrogen and oxygen atoms in total. The first-order chi connectivity index (χ1) is 16.4. The van der Waals surface area contributed by atoms with Crippen LogP contribution in [0, 0.1) is 17.7 Å². The van der Waals surface area contributed by atoms with E-state index in [0.29, 0.717) is 37.3 Å². The number of benzene rings is 1. The number of ether oxygens (including phenoxy) is 1. The second-order valence-corrected chi connectivity index (χ2v) is 9.13. The fourth-order valence-corrected chi connectivity index (χ4v) is 5.03. The predicted octanol–water partition coefficient (Wildman–Crippen LogP) is 4.65. The highest BCUT2D eigenvalue weighted by atomic mass is 19.3. The van der Waals surface area contributed by atoms with Gasteiger partial charge in [-0.25, -0.2) is 13.2 Å². The highest BCUT2D eigenvalue weighted by molar-refractivity contribution is 5.77. The number of rotatable bonds is 7. The molecule has 0 saturated heterocycles.